The Bertz CT molecular complexity index is 264. The summed E-state index contributed by atoms with van der Waals surface area (Å²) in [5.74, 6) is 0.175. The average molecular weight is 393 g/mol. The molecule has 2 unspecified atom stereocenters. The Labute approximate surface area is 150 Å². The third kappa shape index (κ3) is 40.1. The largest absolute Gasteiger partial charge is 0.756 e. The lowest BCUT2D eigenvalue weighted by Gasteiger charge is -2.18. The minimum atomic E-state index is -4.49. The highest BCUT2D eigenvalue weighted by atomic mass is 31.2. The lowest BCUT2D eigenvalue weighted by Crippen LogP contribution is -2.85. The molecule has 11 heteroatoms. The molecule has 10 nitrogen and oxygen atoms in total. The Morgan fingerprint density at radius 1 is 0.960 bits per heavy atom. The Hall–Kier alpha value is -0.130. The molecule has 0 heterocycles. The van der Waals surface area contributed by atoms with E-state index < -0.39 is 7.82 Å². The Morgan fingerprint density at radius 3 is 1.56 bits per heavy atom. The van der Waals surface area contributed by atoms with Gasteiger partial charge in [-0.25, -0.2) is 0 Å². The predicted octanol–water partition coefficient (Wildman–Crippen LogP) is -4.03. The number of quaternary nitrogens is 2. The molecule has 0 aromatic carbocycles. The molecule has 0 radical (unpaired) electrons. The van der Waals surface area contributed by atoms with Crippen molar-refractivity contribution in [1.82, 2.24) is 0 Å². The molecule has 156 valence electrons. The average Bonchev–Trinajstić information content (AvgIpc) is 2.55. The van der Waals surface area contributed by atoms with Crippen LogP contribution in [0, 0.1) is 5.92 Å². The summed E-state index contributed by atoms with van der Waals surface area (Å²) in [6.07, 6.45) is 1.89. The van der Waals surface area contributed by atoms with E-state index in [1.807, 2.05) is 24.5 Å². The van der Waals surface area contributed by atoms with Crippen LogP contribution in [0.4, 0.5) is 0 Å². The Balaban J connectivity index is -0.000000304. The quantitative estimate of drug-likeness (QED) is 0.122. The summed E-state index contributed by atoms with van der Waals surface area (Å²) >= 11 is 0. The molecule has 25 heavy (non-hydrogen) atoms. The maximum atomic E-state index is 10.1. The molecule has 9 N–H and O–H groups in total. The van der Waals surface area contributed by atoms with Crippen molar-refractivity contribution in [2.45, 2.75) is 26.7 Å². The first-order valence-electron chi connectivity index (χ1n) is 8.54. The van der Waals surface area contributed by atoms with E-state index >= 15 is 0 Å². The van der Waals surface area contributed by atoms with E-state index in [-0.39, 0.29) is 39.0 Å². The SMILES string of the molecule is CCCC(C)COP(=O)([O-])O.OCC[NH2+]CCO.OCC[NH2+]CCO. The van der Waals surface area contributed by atoms with Gasteiger partial charge in [-0.05, 0) is 12.3 Å². The molecule has 0 saturated carbocycles. The minimum absolute atomic E-state index is 0.0745. The van der Waals surface area contributed by atoms with Gasteiger partial charge in [-0.1, -0.05) is 20.3 Å². The van der Waals surface area contributed by atoms with Gasteiger partial charge in [0, 0.05) is 0 Å². The first-order chi connectivity index (χ1) is 11.8. The molecule has 0 amide bonds. The monoisotopic (exact) mass is 393 g/mol. The van der Waals surface area contributed by atoms with Crippen LogP contribution >= 0.6 is 7.82 Å². The van der Waals surface area contributed by atoms with Crippen molar-refractivity contribution in [3.05, 3.63) is 0 Å². The highest BCUT2D eigenvalue weighted by Gasteiger charge is 2.05. The summed E-state index contributed by atoms with van der Waals surface area (Å²) in [4.78, 5) is 18.3. The fraction of sp³-hybridized carbons (Fsp3) is 1.00. The lowest BCUT2D eigenvalue weighted by molar-refractivity contribution is -0.657. The number of hydrogen-bond acceptors (Lipinski definition) is 7. The van der Waals surface area contributed by atoms with E-state index in [9.17, 15) is 9.46 Å². The van der Waals surface area contributed by atoms with E-state index in [0.29, 0.717) is 26.2 Å². The highest BCUT2D eigenvalue weighted by molar-refractivity contribution is 7.44. The summed E-state index contributed by atoms with van der Waals surface area (Å²) in [5, 5.41) is 36.4. The second-order valence-corrected chi connectivity index (χ2v) is 6.48. The summed E-state index contributed by atoms with van der Waals surface area (Å²) in [5.41, 5.74) is 0. The topological polar surface area (TPSA) is 184 Å². The van der Waals surface area contributed by atoms with Gasteiger partial charge in [-0.15, -0.1) is 0 Å². The third-order valence-electron chi connectivity index (χ3n) is 2.64. The van der Waals surface area contributed by atoms with Crippen molar-refractivity contribution in [3.63, 3.8) is 0 Å². The number of phosphoric ester groups is 1. The Morgan fingerprint density at radius 2 is 1.32 bits per heavy atom. The van der Waals surface area contributed by atoms with Gasteiger partial charge in [0.05, 0.1) is 59.2 Å². The van der Waals surface area contributed by atoms with Crippen LogP contribution in [0.5, 0.6) is 0 Å². The predicted molar refractivity (Wildman–Crippen MR) is 91.5 cm³/mol. The van der Waals surface area contributed by atoms with Gasteiger partial charge >= 0.3 is 0 Å². The van der Waals surface area contributed by atoms with Gasteiger partial charge in [0.15, 0.2) is 0 Å². The zero-order valence-corrected chi connectivity index (χ0v) is 16.3. The molecule has 0 fully saturated rings. The van der Waals surface area contributed by atoms with Crippen LogP contribution in [-0.4, -0.2) is 84.5 Å². The smallest absolute Gasteiger partial charge is 0.265 e. The zero-order valence-electron chi connectivity index (χ0n) is 15.4. The van der Waals surface area contributed by atoms with E-state index in [4.69, 9.17) is 25.3 Å². The van der Waals surface area contributed by atoms with Gasteiger partial charge in [-0.2, -0.15) is 0 Å². The van der Waals surface area contributed by atoms with Crippen molar-refractivity contribution >= 4 is 7.82 Å². The van der Waals surface area contributed by atoms with Gasteiger partial charge < -0.3 is 45.4 Å². The molecule has 0 rings (SSSR count). The van der Waals surface area contributed by atoms with Crippen molar-refractivity contribution in [2.24, 2.45) is 5.92 Å². The Kier molecular flexibility index (Phi) is 28.3. The maximum absolute atomic E-state index is 10.1. The van der Waals surface area contributed by atoms with Gasteiger partial charge in [0.2, 0.25) is 0 Å². The molecule has 0 aromatic rings. The molecule has 0 aliphatic carbocycles. The lowest BCUT2D eigenvalue weighted by atomic mass is 10.1. The van der Waals surface area contributed by atoms with Crippen LogP contribution in [0.3, 0.4) is 0 Å². The number of phosphoric acid groups is 1. The van der Waals surface area contributed by atoms with Gasteiger partial charge in [-0.3, -0.25) is 4.57 Å². The van der Waals surface area contributed by atoms with Crippen molar-refractivity contribution in [3.8, 4) is 0 Å². The number of hydrogen-bond donors (Lipinski definition) is 7. The van der Waals surface area contributed by atoms with Gasteiger partial charge in [0.1, 0.15) is 0 Å². The summed E-state index contributed by atoms with van der Waals surface area (Å²) in [6.45, 7) is 7.51. The fourth-order valence-electron chi connectivity index (χ4n) is 1.45. The standard InChI is InChI=1S/C6H15O4P.2C4H11NO2/c1-3-4-6(2)5-10-11(7,8)9;2*6-3-1-5-2-4-7/h6H,3-5H2,1-2H3,(H2,7,8,9);2*5-7H,1-4H2/p+1. The van der Waals surface area contributed by atoms with E-state index in [2.05, 4.69) is 4.52 Å². The molecular weight excluding hydrogens is 355 g/mol. The molecule has 0 bridgehead atoms. The fourth-order valence-corrected chi connectivity index (χ4v) is 1.89. The minimum Gasteiger partial charge on any atom is -0.756 e. The van der Waals surface area contributed by atoms with Crippen LogP contribution in [0.1, 0.15) is 26.7 Å². The summed E-state index contributed by atoms with van der Waals surface area (Å²) < 4.78 is 14.3. The van der Waals surface area contributed by atoms with Crippen LogP contribution in [0.15, 0.2) is 0 Å². The van der Waals surface area contributed by atoms with Crippen molar-refractivity contribution in [1.29, 1.82) is 0 Å². The first kappa shape index (κ1) is 29.6. The van der Waals surface area contributed by atoms with E-state index in [1.54, 1.807) is 0 Å². The van der Waals surface area contributed by atoms with Crippen molar-refractivity contribution in [2.75, 3.05) is 59.2 Å². The first-order valence-corrected chi connectivity index (χ1v) is 10.0. The molecule has 0 aromatic heterocycles. The molecular formula is C14H38N2O8P+. The second-order valence-electron chi connectivity index (χ2n) is 5.28. The van der Waals surface area contributed by atoms with Crippen LogP contribution in [0.25, 0.3) is 0 Å². The normalized spacial score (nSPS) is 13.8. The maximum Gasteiger partial charge on any atom is 0.265 e. The third-order valence-corrected chi connectivity index (χ3v) is 3.11. The number of aliphatic hydroxyl groups excluding tert-OH is 4. The second kappa shape index (κ2) is 23.9. The number of nitrogens with two attached hydrogens (primary N) is 2. The molecule has 0 aliphatic heterocycles. The van der Waals surface area contributed by atoms with E-state index in [0.717, 1.165) is 12.8 Å². The molecule has 0 aliphatic rings. The van der Waals surface area contributed by atoms with Crippen molar-refractivity contribution < 1.29 is 49.9 Å². The van der Waals surface area contributed by atoms with Gasteiger partial charge in [0.25, 0.3) is 7.82 Å². The van der Waals surface area contributed by atoms with Crippen LogP contribution in [0.2, 0.25) is 0 Å². The summed E-state index contributed by atoms with van der Waals surface area (Å²) in [7, 11) is -4.49. The molecule has 0 spiro atoms. The highest BCUT2D eigenvalue weighted by Crippen LogP contribution is 2.31. The van der Waals surface area contributed by atoms with E-state index in [1.165, 1.54) is 0 Å². The summed E-state index contributed by atoms with van der Waals surface area (Å²) in [6, 6.07) is 0. The molecule has 0 saturated heterocycles. The molecule has 2 atom stereocenters. The number of aliphatic hydroxyl groups is 4. The van der Waals surface area contributed by atoms with Crippen LogP contribution in [-0.2, 0) is 9.09 Å². The zero-order chi connectivity index (χ0) is 20.0. The van der Waals surface area contributed by atoms with Crippen LogP contribution < -0.4 is 15.5 Å². The number of rotatable bonds is 13.